The number of hydrogen-bond donors (Lipinski definition) is 5. The third-order valence-corrected chi connectivity index (χ3v) is 4.67. The average Bonchev–Trinajstić information content (AvgIpc) is 2.63. The summed E-state index contributed by atoms with van der Waals surface area (Å²) >= 11 is 1.44. The van der Waals surface area contributed by atoms with Gasteiger partial charge in [-0.15, -0.1) is 0 Å². The molecule has 0 fully saturated rings. The van der Waals surface area contributed by atoms with Crippen LogP contribution >= 0.6 is 11.8 Å². The summed E-state index contributed by atoms with van der Waals surface area (Å²) in [6, 6.07) is 2.82. The van der Waals surface area contributed by atoms with Crippen molar-refractivity contribution in [1.29, 1.82) is 0 Å². The molecule has 0 aliphatic carbocycles. The van der Waals surface area contributed by atoms with E-state index in [9.17, 15) is 19.2 Å². The molecule has 0 aliphatic heterocycles. The van der Waals surface area contributed by atoms with E-state index in [1.54, 1.807) is 7.11 Å². The molecule has 160 valence electrons. The van der Waals surface area contributed by atoms with E-state index in [-0.39, 0.29) is 29.3 Å². The third-order valence-electron chi connectivity index (χ3n) is 3.62. The second-order valence-electron chi connectivity index (χ2n) is 6.09. The first-order valence-electron chi connectivity index (χ1n) is 8.75. The molecule has 2 amide bonds. The van der Waals surface area contributed by atoms with Crippen LogP contribution in [0.1, 0.15) is 29.6 Å². The molecule has 1 rings (SSSR count). The quantitative estimate of drug-likeness (QED) is 0.228. The maximum absolute atomic E-state index is 12.4. The monoisotopic (exact) mass is 427 g/mol. The molecule has 29 heavy (non-hydrogen) atoms. The van der Waals surface area contributed by atoms with Gasteiger partial charge in [0.15, 0.2) is 0 Å². The maximum atomic E-state index is 12.4. The van der Waals surface area contributed by atoms with Crippen molar-refractivity contribution in [2.75, 3.05) is 36.3 Å². The number of hydrogen-bond acceptors (Lipinski definition) is 7. The molecule has 1 atom stereocenters. The number of amides is 2. The molecular formula is C18H25N3O7S. The largest absolute Gasteiger partial charge is 0.481 e. The number of carbonyl (C=O) groups is 4. The lowest BCUT2D eigenvalue weighted by Gasteiger charge is -2.14. The Kier molecular flexibility index (Phi) is 10.6. The number of carboxylic acid groups (broad SMARTS) is 2. The number of methoxy groups -OCH3 is 1. The van der Waals surface area contributed by atoms with E-state index in [0.717, 1.165) is 12.2 Å². The normalized spacial score (nSPS) is 11.5. The van der Waals surface area contributed by atoms with Gasteiger partial charge in [0.25, 0.3) is 5.91 Å². The van der Waals surface area contributed by atoms with Crippen LogP contribution < -0.4 is 16.4 Å². The van der Waals surface area contributed by atoms with Gasteiger partial charge in [-0.05, 0) is 36.8 Å². The van der Waals surface area contributed by atoms with Gasteiger partial charge in [-0.1, -0.05) is 0 Å². The van der Waals surface area contributed by atoms with Crippen LogP contribution in [0.4, 0.5) is 11.4 Å². The molecule has 0 saturated carbocycles. The Morgan fingerprint density at radius 2 is 1.93 bits per heavy atom. The zero-order valence-corrected chi connectivity index (χ0v) is 16.8. The Morgan fingerprint density at radius 3 is 2.55 bits per heavy atom. The number of rotatable bonds is 13. The number of thioether (sulfide) groups is 1. The summed E-state index contributed by atoms with van der Waals surface area (Å²) in [7, 11) is 1.61. The van der Waals surface area contributed by atoms with E-state index >= 15 is 0 Å². The van der Waals surface area contributed by atoms with E-state index in [4.69, 9.17) is 20.7 Å². The minimum absolute atomic E-state index is 0.0506. The maximum Gasteiger partial charge on any atom is 0.326 e. The summed E-state index contributed by atoms with van der Waals surface area (Å²) in [6.45, 7) is 0.617. The molecule has 1 aromatic rings. The van der Waals surface area contributed by atoms with Crippen LogP contribution in [0.2, 0.25) is 0 Å². The van der Waals surface area contributed by atoms with E-state index in [0.29, 0.717) is 12.3 Å². The molecule has 6 N–H and O–H groups in total. The predicted octanol–water partition coefficient (Wildman–Crippen LogP) is 1.02. The highest BCUT2D eigenvalue weighted by molar-refractivity contribution is 7.99. The van der Waals surface area contributed by atoms with Gasteiger partial charge in [0.05, 0.1) is 5.75 Å². The highest BCUT2D eigenvalue weighted by Crippen LogP contribution is 2.18. The Bertz CT molecular complexity index is 742. The number of ether oxygens (including phenoxy) is 1. The van der Waals surface area contributed by atoms with E-state index < -0.39 is 30.3 Å². The minimum Gasteiger partial charge on any atom is -0.481 e. The molecule has 0 spiro atoms. The molecule has 0 heterocycles. The van der Waals surface area contributed by atoms with Gasteiger partial charge in [0.2, 0.25) is 5.91 Å². The first-order valence-corrected chi connectivity index (χ1v) is 9.91. The lowest BCUT2D eigenvalue weighted by Crippen LogP contribution is -2.41. The Labute approximate surface area is 172 Å². The van der Waals surface area contributed by atoms with Crippen LogP contribution in [0.5, 0.6) is 0 Å². The van der Waals surface area contributed by atoms with Crippen molar-refractivity contribution in [3.8, 4) is 0 Å². The smallest absolute Gasteiger partial charge is 0.326 e. The zero-order valence-electron chi connectivity index (χ0n) is 16.0. The van der Waals surface area contributed by atoms with Crippen LogP contribution in [0.15, 0.2) is 18.2 Å². The standard InChI is InChI=1S/C18H25N3O7S/c1-28-5-2-6-29-10-15(22)20-13-8-11(7-12(19)9-13)17(25)21-14(18(26)27)3-4-16(23)24/h7-9,14H,2-6,10,19H2,1H3,(H,20,22)(H,21,25)(H,23,24)(H,26,27). The Balaban J connectivity index is 2.71. The minimum atomic E-state index is -1.36. The van der Waals surface area contributed by atoms with E-state index in [2.05, 4.69) is 10.6 Å². The molecule has 1 unspecified atom stereocenters. The molecule has 0 radical (unpaired) electrons. The van der Waals surface area contributed by atoms with Crippen LogP contribution in [0, 0.1) is 0 Å². The van der Waals surface area contributed by atoms with Crippen molar-refractivity contribution < 1.29 is 34.1 Å². The Morgan fingerprint density at radius 1 is 1.21 bits per heavy atom. The fraction of sp³-hybridized carbons (Fsp3) is 0.444. The van der Waals surface area contributed by atoms with Gasteiger partial charge in [-0.2, -0.15) is 11.8 Å². The van der Waals surface area contributed by atoms with E-state index in [1.807, 2.05) is 0 Å². The third kappa shape index (κ3) is 9.81. The van der Waals surface area contributed by atoms with Crippen molar-refractivity contribution in [1.82, 2.24) is 5.32 Å². The number of carboxylic acids is 2. The molecule has 0 aliphatic rings. The molecule has 0 saturated heterocycles. The number of carbonyl (C=O) groups excluding carboxylic acids is 2. The van der Waals surface area contributed by atoms with Crippen LogP contribution in [0.3, 0.4) is 0 Å². The van der Waals surface area contributed by atoms with Gasteiger partial charge in [0.1, 0.15) is 6.04 Å². The van der Waals surface area contributed by atoms with Crippen molar-refractivity contribution >= 4 is 46.9 Å². The molecule has 1 aromatic carbocycles. The molecule has 10 nitrogen and oxygen atoms in total. The molecular weight excluding hydrogens is 402 g/mol. The number of nitrogens with two attached hydrogens (primary N) is 1. The van der Waals surface area contributed by atoms with Gasteiger partial charge in [-0.3, -0.25) is 14.4 Å². The van der Waals surface area contributed by atoms with Gasteiger partial charge >= 0.3 is 11.9 Å². The van der Waals surface area contributed by atoms with Gasteiger partial charge in [-0.25, -0.2) is 4.79 Å². The Hall–Kier alpha value is -2.79. The van der Waals surface area contributed by atoms with Crippen molar-refractivity contribution in [3.05, 3.63) is 23.8 Å². The van der Waals surface area contributed by atoms with Gasteiger partial charge in [0, 0.05) is 37.1 Å². The van der Waals surface area contributed by atoms with Crippen LogP contribution in [-0.4, -0.2) is 65.2 Å². The fourth-order valence-electron chi connectivity index (χ4n) is 2.29. The summed E-state index contributed by atoms with van der Waals surface area (Å²) in [5, 5.41) is 22.7. The number of nitrogen functional groups attached to an aromatic ring is 1. The molecule has 0 bridgehead atoms. The lowest BCUT2D eigenvalue weighted by molar-refractivity contribution is -0.140. The summed E-state index contributed by atoms with van der Waals surface area (Å²) < 4.78 is 4.93. The molecule has 11 heteroatoms. The highest BCUT2D eigenvalue weighted by Gasteiger charge is 2.22. The first kappa shape index (κ1) is 24.2. The number of aliphatic carboxylic acids is 2. The van der Waals surface area contributed by atoms with Crippen molar-refractivity contribution in [3.63, 3.8) is 0 Å². The van der Waals surface area contributed by atoms with Crippen LogP contribution in [0.25, 0.3) is 0 Å². The second kappa shape index (κ2) is 12.6. The van der Waals surface area contributed by atoms with Crippen molar-refractivity contribution in [2.24, 2.45) is 0 Å². The molecule has 0 aromatic heterocycles. The predicted molar refractivity (Wildman–Crippen MR) is 109 cm³/mol. The summed E-state index contributed by atoms with van der Waals surface area (Å²) in [4.78, 5) is 46.2. The summed E-state index contributed by atoms with van der Waals surface area (Å²) in [5.41, 5.74) is 6.33. The van der Waals surface area contributed by atoms with Gasteiger partial charge < -0.3 is 31.3 Å². The van der Waals surface area contributed by atoms with Crippen molar-refractivity contribution in [2.45, 2.75) is 25.3 Å². The topological polar surface area (TPSA) is 168 Å². The fourth-order valence-corrected chi connectivity index (χ4v) is 3.01. The summed E-state index contributed by atoms with van der Waals surface area (Å²) in [5.74, 6) is -2.54. The highest BCUT2D eigenvalue weighted by atomic mass is 32.2. The second-order valence-corrected chi connectivity index (χ2v) is 7.19. The number of nitrogens with one attached hydrogen (secondary N) is 2. The van der Waals surface area contributed by atoms with E-state index in [1.165, 1.54) is 30.0 Å². The number of anilines is 2. The summed E-state index contributed by atoms with van der Waals surface area (Å²) in [6.07, 6.45) is 0.157. The average molecular weight is 427 g/mol. The lowest BCUT2D eigenvalue weighted by atomic mass is 10.1. The number of benzene rings is 1. The first-order chi connectivity index (χ1) is 13.7. The zero-order chi connectivity index (χ0) is 21.8. The van der Waals surface area contributed by atoms with Crippen LogP contribution in [-0.2, 0) is 19.1 Å². The SMILES string of the molecule is COCCCSCC(=O)Nc1cc(N)cc(C(=O)NC(CCC(=O)O)C(=O)O)c1.